The molecule has 0 unspecified atom stereocenters. The standard InChI is InChI=1S/C22H25N5/c1-17(23)13-20(25-19-9-5-3-6-10-19)15-24-16-22-14-18(2)26-27(22)21-11-7-4-8-12-21/h3-14,24H,15-16,23H2,1-2H3. The number of nitrogens with zero attached hydrogens (tertiary/aromatic N) is 3. The molecule has 0 saturated carbocycles. The molecule has 0 aliphatic heterocycles. The summed E-state index contributed by atoms with van der Waals surface area (Å²) in [4.78, 5) is 4.69. The number of para-hydroxylation sites is 2. The van der Waals surface area contributed by atoms with Crippen LogP contribution in [0.15, 0.2) is 83.5 Å². The van der Waals surface area contributed by atoms with E-state index in [1.165, 1.54) is 0 Å². The van der Waals surface area contributed by atoms with Crippen molar-refractivity contribution in [3.05, 3.63) is 89.9 Å². The summed E-state index contributed by atoms with van der Waals surface area (Å²) in [6, 6.07) is 22.1. The van der Waals surface area contributed by atoms with E-state index in [4.69, 9.17) is 10.7 Å². The van der Waals surface area contributed by atoms with Crippen LogP contribution in [0.3, 0.4) is 0 Å². The van der Waals surface area contributed by atoms with Gasteiger partial charge in [-0.1, -0.05) is 36.4 Å². The minimum absolute atomic E-state index is 0.614. The van der Waals surface area contributed by atoms with Crippen molar-refractivity contribution < 1.29 is 0 Å². The van der Waals surface area contributed by atoms with E-state index in [1.54, 1.807) is 0 Å². The Labute approximate surface area is 160 Å². The predicted molar refractivity (Wildman–Crippen MR) is 111 cm³/mol. The maximum atomic E-state index is 5.87. The Morgan fingerprint density at radius 1 is 1.11 bits per heavy atom. The highest BCUT2D eigenvalue weighted by molar-refractivity contribution is 5.98. The molecule has 1 aromatic heterocycles. The van der Waals surface area contributed by atoms with Crippen LogP contribution >= 0.6 is 0 Å². The first kappa shape index (κ1) is 18.6. The largest absolute Gasteiger partial charge is 0.402 e. The number of allylic oxidation sites excluding steroid dienone is 1. The number of hydrogen-bond acceptors (Lipinski definition) is 4. The van der Waals surface area contributed by atoms with Gasteiger partial charge in [-0.25, -0.2) is 4.68 Å². The Balaban J connectivity index is 1.73. The van der Waals surface area contributed by atoms with Crippen molar-refractivity contribution in [2.45, 2.75) is 20.4 Å². The minimum Gasteiger partial charge on any atom is -0.402 e. The Bertz CT molecular complexity index is 920. The molecular formula is C22H25N5. The maximum absolute atomic E-state index is 5.87. The highest BCUT2D eigenvalue weighted by atomic mass is 15.3. The first-order valence-corrected chi connectivity index (χ1v) is 9.00. The Kier molecular flexibility index (Phi) is 6.18. The van der Waals surface area contributed by atoms with Crippen LogP contribution in [0.25, 0.3) is 5.69 Å². The number of nitrogens with one attached hydrogen (secondary N) is 1. The number of aryl methyl sites for hydroxylation is 1. The zero-order chi connectivity index (χ0) is 19.1. The number of nitrogens with two attached hydrogens (primary N) is 1. The Hall–Kier alpha value is -3.18. The van der Waals surface area contributed by atoms with Gasteiger partial charge >= 0.3 is 0 Å². The number of aromatic nitrogens is 2. The van der Waals surface area contributed by atoms with Gasteiger partial charge in [-0.3, -0.25) is 4.99 Å². The molecule has 0 amide bonds. The van der Waals surface area contributed by atoms with Crippen molar-refractivity contribution in [2.75, 3.05) is 6.54 Å². The molecule has 138 valence electrons. The van der Waals surface area contributed by atoms with Crippen molar-refractivity contribution in [2.24, 2.45) is 10.7 Å². The summed E-state index contributed by atoms with van der Waals surface area (Å²) in [5.74, 6) is 0. The number of hydrogen-bond donors (Lipinski definition) is 2. The van der Waals surface area contributed by atoms with Gasteiger partial charge in [0.25, 0.3) is 0 Å². The summed E-state index contributed by atoms with van der Waals surface area (Å²) in [5, 5.41) is 8.07. The van der Waals surface area contributed by atoms with Crippen LogP contribution in [-0.2, 0) is 6.54 Å². The van der Waals surface area contributed by atoms with Gasteiger partial charge in [0.2, 0.25) is 0 Å². The molecule has 0 radical (unpaired) electrons. The first-order valence-electron chi connectivity index (χ1n) is 9.00. The van der Waals surface area contributed by atoms with E-state index in [1.807, 2.05) is 73.1 Å². The summed E-state index contributed by atoms with van der Waals surface area (Å²) in [6.45, 7) is 5.17. The van der Waals surface area contributed by atoms with Crippen molar-refractivity contribution in [1.29, 1.82) is 0 Å². The molecule has 1 heterocycles. The average Bonchev–Trinajstić information content (AvgIpc) is 3.03. The molecule has 5 nitrogen and oxygen atoms in total. The lowest BCUT2D eigenvalue weighted by Gasteiger charge is -2.09. The summed E-state index contributed by atoms with van der Waals surface area (Å²) in [5.41, 5.74) is 11.6. The topological polar surface area (TPSA) is 68.2 Å². The SMILES string of the molecule is CC(N)=CC(CNCc1cc(C)nn1-c1ccccc1)=Nc1ccccc1. The molecule has 3 aromatic rings. The first-order chi connectivity index (χ1) is 13.1. The van der Waals surface area contributed by atoms with Crippen molar-refractivity contribution >= 4 is 11.4 Å². The van der Waals surface area contributed by atoms with E-state index < -0.39 is 0 Å². The predicted octanol–water partition coefficient (Wildman–Crippen LogP) is 3.91. The highest BCUT2D eigenvalue weighted by Crippen LogP contribution is 2.13. The second-order valence-corrected chi connectivity index (χ2v) is 6.46. The van der Waals surface area contributed by atoms with E-state index in [2.05, 4.69) is 28.6 Å². The lowest BCUT2D eigenvalue weighted by atomic mass is 10.2. The molecule has 0 bridgehead atoms. The average molecular weight is 359 g/mol. The zero-order valence-corrected chi connectivity index (χ0v) is 15.8. The lowest BCUT2D eigenvalue weighted by molar-refractivity contribution is 0.707. The second-order valence-electron chi connectivity index (χ2n) is 6.46. The Morgan fingerprint density at radius 2 is 1.78 bits per heavy atom. The second kappa shape index (κ2) is 8.96. The monoisotopic (exact) mass is 359 g/mol. The van der Waals surface area contributed by atoms with Gasteiger partial charge in [0.1, 0.15) is 0 Å². The van der Waals surface area contributed by atoms with Crippen LogP contribution in [0.4, 0.5) is 5.69 Å². The molecule has 0 spiro atoms. The fourth-order valence-corrected chi connectivity index (χ4v) is 2.84. The molecule has 0 aliphatic carbocycles. The molecule has 5 heteroatoms. The summed E-state index contributed by atoms with van der Waals surface area (Å²) in [6.07, 6.45) is 1.90. The van der Waals surface area contributed by atoms with E-state index in [-0.39, 0.29) is 0 Å². The quantitative estimate of drug-likeness (QED) is 0.629. The summed E-state index contributed by atoms with van der Waals surface area (Å²) < 4.78 is 1.97. The number of benzene rings is 2. The zero-order valence-electron chi connectivity index (χ0n) is 15.8. The van der Waals surface area contributed by atoms with E-state index in [0.717, 1.165) is 34.2 Å². The van der Waals surface area contributed by atoms with Crippen molar-refractivity contribution in [3.63, 3.8) is 0 Å². The van der Waals surface area contributed by atoms with Crippen LogP contribution in [0, 0.1) is 6.92 Å². The molecule has 0 saturated heterocycles. The lowest BCUT2D eigenvalue weighted by Crippen LogP contribution is -2.23. The molecule has 2 aromatic carbocycles. The van der Waals surface area contributed by atoms with Crippen LogP contribution in [-0.4, -0.2) is 22.0 Å². The van der Waals surface area contributed by atoms with Gasteiger partial charge in [-0.15, -0.1) is 0 Å². The third-order valence-electron chi connectivity index (χ3n) is 3.94. The summed E-state index contributed by atoms with van der Waals surface area (Å²) >= 11 is 0. The van der Waals surface area contributed by atoms with E-state index >= 15 is 0 Å². The fourth-order valence-electron chi connectivity index (χ4n) is 2.84. The fraction of sp³-hybridized carbons (Fsp3) is 0.182. The minimum atomic E-state index is 0.614. The van der Waals surface area contributed by atoms with E-state index in [0.29, 0.717) is 13.1 Å². The summed E-state index contributed by atoms with van der Waals surface area (Å²) in [7, 11) is 0. The van der Waals surface area contributed by atoms with Crippen molar-refractivity contribution in [3.8, 4) is 5.69 Å². The van der Waals surface area contributed by atoms with Gasteiger partial charge in [-0.2, -0.15) is 5.10 Å². The molecule has 3 N–H and O–H groups in total. The molecule has 0 fully saturated rings. The van der Waals surface area contributed by atoms with Gasteiger partial charge in [0, 0.05) is 18.8 Å². The van der Waals surface area contributed by atoms with Gasteiger partial charge in [0.05, 0.1) is 28.5 Å². The third-order valence-corrected chi connectivity index (χ3v) is 3.94. The van der Waals surface area contributed by atoms with Gasteiger partial charge < -0.3 is 11.1 Å². The normalized spacial score (nSPS) is 12.4. The van der Waals surface area contributed by atoms with Crippen molar-refractivity contribution in [1.82, 2.24) is 15.1 Å². The Morgan fingerprint density at radius 3 is 2.44 bits per heavy atom. The maximum Gasteiger partial charge on any atom is 0.0649 e. The number of rotatable bonds is 7. The van der Waals surface area contributed by atoms with E-state index in [9.17, 15) is 0 Å². The molecule has 3 rings (SSSR count). The van der Waals surface area contributed by atoms with Gasteiger partial charge in [-0.05, 0) is 50.3 Å². The molecular weight excluding hydrogens is 334 g/mol. The van der Waals surface area contributed by atoms with Crippen LogP contribution in [0.2, 0.25) is 0 Å². The van der Waals surface area contributed by atoms with Crippen LogP contribution in [0.5, 0.6) is 0 Å². The highest BCUT2D eigenvalue weighted by Gasteiger charge is 2.07. The molecule has 27 heavy (non-hydrogen) atoms. The third kappa shape index (κ3) is 5.39. The van der Waals surface area contributed by atoms with Crippen LogP contribution < -0.4 is 11.1 Å². The van der Waals surface area contributed by atoms with Gasteiger partial charge in [0.15, 0.2) is 0 Å². The smallest absolute Gasteiger partial charge is 0.0649 e. The molecule has 0 atom stereocenters. The number of aliphatic imine (C=N–C) groups is 1. The van der Waals surface area contributed by atoms with Crippen LogP contribution in [0.1, 0.15) is 18.3 Å². The molecule has 0 aliphatic rings.